The van der Waals surface area contributed by atoms with Gasteiger partial charge in [-0.2, -0.15) is 0 Å². The van der Waals surface area contributed by atoms with Gasteiger partial charge in [-0.3, -0.25) is 4.98 Å². The maximum absolute atomic E-state index is 4.01. The molecule has 1 aromatic carbocycles. The molecule has 0 spiro atoms. The van der Waals surface area contributed by atoms with Crippen LogP contribution in [0.1, 0.15) is 5.56 Å². The second-order valence-corrected chi connectivity index (χ2v) is 3.55. The molecule has 0 saturated carbocycles. The fourth-order valence-corrected chi connectivity index (χ4v) is 1.61. The molecule has 1 heterocycles. The third kappa shape index (κ3) is 2.42. The topological polar surface area (TPSA) is 29.5 Å². The van der Waals surface area contributed by atoms with Crippen LogP contribution in [0.5, 0.6) is 0 Å². The Kier molecular flexibility index (Phi) is 3.10. The number of nitrogens with two attached hydrogens (primary N) is 1. The lowest BCUT2D eigenvalue weighted by molar-refractivity contribution is -0.643. The van der Waals surface area contributed by atoms with Gasteiger partial charge in [-0.05, 0) is 23.3 Å². The highest BCUT2D eigenvalue weighted by Crippen LogP contribution is 2.18. The van der Waals surface area contributed by atoms with Gasteiger partial charge in [0.2, 0.25) is 0 Å². The van der Waals surface area contributed by atoms with Crippen LogP contribution < -0.4 is 5.32 Å². The summed E-state index contributed by atoms with van der Waals surface area (Å²) < 4.78 is 0. The summed E-state index contributed by atoms with van der Waals surface area (Å²) in [7, 11) is 2.08. The molecular weight excluding hydrogens is 184 g/mol. The van der Waals surface area contributed by atoms with Crippen LogP contribution in [0, 0.1) is 0 Å². The normalized spacial score (nSPS) is 10.2. The molecule has 0 aliphatic carbocycles. The first kappa shape index (κ1) is 9.87. The summed E-state index contributed by atoms with van der Waals surface area (Å²) in [6, 6.07) is 12.7. The lowest BCUT2D eigenvalue weighted by Gasteiger charge is -2.02. The molecule has 0 saturated heterocycles. The van der Waals surface area contributed by atoms with E-state index in [0.717, 1.165) is 6.54 Å². The second-order valence-electron chi connectivity index (χ2n) is 3.55. The maximum Gasteiger partial charge on any atom is 0.101 e. The Labute approximate surface area is 90.0 Å². The smallest absolute Gasteiger partial charge is 0.101 e. The van der Waals surface area contributed by atoms with Crippen molar-refractivity contribution in [1.82, 2.24) is 4.98 Å². The van der Waals surface area contributed by atoms with E-state index in [0.29, 0.717) is 0 Å². The van der Waals surface area contributed by atoms with E-state index in [4.69, 9.17) is 0 Å². The first-order chi connectivity index (χ1) is 7.40. The molecule has 0 bridgehead atoms. The molecule has 0 fully saturated rings. The third-order valence-electron chi connectivity index (χ3n) is 2.41. The third-order valence-corrected chi connectivity index (χ3v) is 2.41. The van der Waals surface area contributed by atoms with Crippen molar-refractivity contribution in [2.24, 2.45) is 0 Å². The molecule has 2 nitrogen and oxygen atoms in total. The minimum absolute atomic E-state index is 1.04. The van der Waals surface area contributed by atoms with Gasteiger partial charge < -0.3 is 5.32 Å². The van der Waals surface area contributed by atoms with E-state index in [-0.39, 0.29) is 0 Å². The molecule has 0 amide bonds. The summed E-state index contributed by atoms with van der Waals surface area (Å²) >= 11 is 0. The van der Waals surface area contributed by atoms with Crippen LogP contribution >= 0.6 is 0 Å². The lowest BCUT2D eigenvalue weighted by Crippen LogP contribution is -2.77. The Morgan fingerprint density at radius 1 is 0.933 bits per heavy atom. The summed E-state index contributed by atoms with van der Waals surface area (Å²) in [6.45, 7) is 1.04. The number of aromatic nitrogens is 1. The summed E-state index contributed by atoms with van der Waals surface area (Å²) in [6.07, 6.45) is 3.64. The van der Waals surface area contributed by atoms with E-state index >= 15 is 0 Å². The van der Waals surface area contributed by atoms with Crippen molar-refractivity contribution in [3.8, 4) is 11.1 Å². The summed E-state index contributed by atoms with van der Waals surface area (Å²) in [5.74, 6) is 0. The molecule has 76 valence electrons. The molecule has 0 unspecified atom stereocenters. The maximum atomic E-state index is 4.01. The van der Waals surface area contributed by atoms with Crippen molar-refractivity contribution >= 4 is 0 Å². The van der Waals surface area contributed by atoms with Crippen LogP contribution in [-0.4, -0.2) is 12.0 Å². The van der Waals surface area contributed by atoms with E-state index in [9.17, 15) is 0 Å². The zero-order valence-electron chi connectivity index (χ0n) is 8.85. The van der Waals surface area contributed by atoms with Crippen molar-refractivity contribution in [3.63, 3.8) is 0 Å². The van der Waals surface area contributed by atoms with Crippen molar-refractivity contribution in [2.75, 3.05) is 7.05 Å². The number of quaternary nitrogens is 1. The molecule has 2 N–H and O–H groups in total. The molecule has 0 aliphatic rings. The first-order valence-electron chi connectivity index (χ1n) is 5.17. The molecule has 2 rings (SSSR count). The van der Waals surface area contributed by atoms with Crippen molar-refractivity contribution in [2.45, 2.75) is 6.54 Å². The van der Waals surface area contributed by atoms with Gasteiger partial charge in [-0.1, -0.05) is 24.3 Å². The van der Waals surface area contributed by atoms with Gasteiger partial charge in [0.1, 0.15) is 6.54 Å². The molecule has 1 aromatic heterocycles. The fourth-order valence-electron chi connectivity index (χ4n) is 1.61. The molecular formula is C13H15N2+. The Bertz CT molecular complexity index is 406. The molecule has 0 radical (unpaired) electrons. The molecule has 2 aromatic rings. The zero-order valence-corrected chi connectivity index (χ0v) is 8.85. The summed E-state index contributed by atoms with van der Waals surface area (Å²) in [4.78, 5) is 4.01. The predicted octanol–water partition coefficient (Wildman–Crippen LogP) is 1.44. The number of rotatable bonds is 3. The van der Waals surface area contributed by atoms with E-state index in [1.54, 1.807) is 0 Å². The van der Waals surface area contributed by atoms with Gasteiger partial charge in [0, 0.05) is 18.0 Å². The zero-order chi connectivity index (χ0) is 10.5. The standard InChI is InChI=1S/C13H14N2/c1-14-10-11-2-4-12(5-3-11)13-6-8-15-9-7-13/h2-9,14H,10H2,1H3/p+1. The van der Waals surface area contributed by atoms with Crippen molar-refractivity contribution in [1.29, 1.82) is 0 Å². The van der Waals surface area contributed by atoms with Gasteiger partial charge in [0.15, 0.2) is 0 Å². The highest BCUT2D eigenvalue weighted by molar-refractivity contribution is 5.62. The van der Waals surface area contributed by atoms with Gasteiger partial charge in [0.05, 0.1) is 7.05 Å². The highest BCUT2D eigenvalue weighted by Gasteiger charge is 1.97. The van der Waals surface area contributed by atoms with E-state index in [1.807, 2.05) is 24.5 Å². The number of benzene rings is 1. The largest absolute Gasteiger partial charge is 0.345 e. The summed E-state index contributed by atoms with van der Waals surface area (Å²) in [5, 5.41) is 2.17. The predicted molar refractivity (Wildman–Crippen MR) is 61.2 cm³/mol. The average Bonchev–Trinajstić information content (AvgIpc) is 2.32. The van der Waals surface area contributed by atoms with Crippen molar-refractivity contribution in [3.05, 3.63) is 54.4 Å². The monoisotopic (exact) mass is 199 g/mol. The van der Waals surface area contributed by atoms with Crippen molar-refractivity contribution < 1.29 is 5.32 Å². The van der Waals surface area contributed by atoms with Crippen LogP contribution in [0.2, 0.25) is 0 Å². The van der Waals surface area contributed by atoms with Gasteiger partial charge in [-0.15, -0.1) is 0 Å². The molecule has 0 atom stereocenters. The van der Waals surface area contributed by atoms with Gasteiger partial charge in [0.25, 0.3) is 0 Å². The number of hydrogen-bond acceptors (Lipinski definition) is 1. The quantitative estimate of drug-likeness (QED) is 0.796. The average molecular weight is 199 g/mol. The first-order valence-corrected chi connectivity index (χ1v) is 5.17. The van der Waals surface area contributed by atoms with E-state index in [1.165, 1.54) is 16.7 Å². The van der Waals surface area contributed by atoms with E-state index < -0.39 is 0 Å². The van der Waals surface area contributed by atoms with Crippen LogP contribution in [-0.2, 0) is 6.54 Å². The second kappa shape index (κ2) is 4.71. The molecule has 0 aliphatic heterocycles. The Balaban J connectivity index is 2.24. The lowest BCUT2D eigenvalue weighted by atomic mass is 10.1. The highest BCUT2D eigenvalue weighted by atomic mass is 14.8. The van der Waals surface area contributed by atoms with Crippen LogP contribution in [0.3, 0.4) is 0 Å². The number of hydrogen-bond donors (Lipinski definition) is 1. The number of nitrogens with zero attached hydrogens (tertiary/aromatic N) is 1. The molecule has 2 heteroatoms. The van der Waals surface area contributed by atoms with Crippen LogP contribution in [0.25, 0.3) is 11.1 Å². The van der Waals surface area contributed by atoms with E-state index in [2.05, 4.69) is 41.6 Å². The minimum Gasteiger partial charge on any atom is -0.345 e. The Morgan fingerprint density at radius 3 is 2.13 bits per heavy atom. The summed E-state index contributed by atoms with van der Waals surface area (Å²) in [5.41, 5.74) is 3.82. The van der Waals surface area contributed by atoms with Crippen LogP contribution in [0.15, 0.2) is 48.8 Å². The SMILES string of the molecule is C[NH2+]Cc1ccc(-c2ccncc2)cc1. The number of pyridine rings is 1. The van der Waals surface area contributed by atoms with Gasteiger partial charge >= 0.3 is 0 Å². The Morgan fingerprint density at radius 2 is 1.53 bits per heavy atom. The minimum atomic E-state index is 1.04. The Hall–Kier alpha value is -1.67. The van der Waals surface area contributed by atoms with Gasteiger partial charge in [-0.25, -0.2) is 0 Å². The fraction of sp³-hybridized carbons (Fsp3) is 0.154. The molecule has 15 heavy (non-hydrogen) atoms. The van der Waals surface area contributed by atoms with Crippen LogP contribution in [0.4, 0.5) is 0 Å².